The highest BCUT2D eigenvalue weighted by molar-refractivity contribution is 7.22. The normalized spacial score (nSPS) is 17.4. The van der Waals surface area contributed by atoms with Crippen molar-refractivity contribution in [3.05, 3.63) is 95.1 Å². The second-order valence-corrected chi connectivity index (χ2v) is 10.4. The molecule has 0 atom stereocenters. The molecule has 0 saturated heterocycles. The van der Waals surface area contributed by atoms with E-state index in [-0.39, 0.29) is 11.7 Å². The minimum atomic E-state index is -0.969. The fourth-order valence-corrected chi connectivity index (χ4v) is 6.25. The van der Waals surface area contributed by atoms with Crippen molar-refractivity contribution < 1.29 is 14.6 Å². The van der Waals surface area contributed by atoms with Crippen LogP contribution in [0.25, 0.3) is 31.6 Å². The van der Waals surface area contributed by atoms with Gasteiger partial charge in [-0.2, -0.15) is 0 Å². The van der Waals surface area contributed by atoms with Crippen LogP contribution in [0.15, 0.2) is 72.8 Å². The van der Waals surface area contributed by atoms with Gasteiger partial charge in [-0.3, -0.25) is 0 Å². The number of hydrogen-bond donors (Lipinski definition) is 1. The van der Waals surface area contributed by atoms with Crippen molar-refractivity contribution >= 4 is 38.3 Å². The van der Waals surface area contributed by atoms with E-state index in [2.05, 4.69) is 43.3 Å². The van der Waals surface area contributed by atoms with E-state index in [4.69, 9.17) is 9.72 Å². The van der Waals surface area contributed by atoms with Gasteiger partial charge in [0.25, 0.3) is 0 Å². The summed E-state index contributed by atoms with van der Waals surface area (Å²) in [6.45, 7) is 4.05. The van der Waals surface area contributed by atoms with Crippen LogP contribution in [0.4, 0.5) is 0 Å². The molecule has 0 bridgehead atoms. The molecule has 1 N–H and O–H groups in total. The first kappa shape index (κ1) is 21.8. The second-order valence-electron chi connectivity index (χ2n) is 9.34. The monoisotopic (exact) mass is 479 g/mol. The third kappa shape index (κ3) is 3.76. The summed E-state index contributed by atoms with van der Waals surface area (Å²) >= 11 is 1.65. The van der Waals surface area contributed by atoms with Gasteiger partial charge in [0.2, 0.25) is 0 Å². The molecule has 5 aromatic rings. The first-order valence-corrected chi connectivity index (χ1v) is 12.7. The molecule has 4 nitrogen and oxygen atoms in total. The molecule has 0 radical (unpaired) electrons. The molecule has 0 spiro atoms. The number of aromatic carboxylic acids is 1. The molecule has 2 heterocycles. The minimum Gasteiger partial charge on any atom is -0.490 e. The predicted molar refractivity (Wildman–Crippen MR) is 142 cm³/mol. The molecule has 0 aliphatic heterocycles. The van der Waals surface area contributed by atoms with Crippen molar-refractivity contribution in [2.24, 2.45) is 0 Å². The lowest BCUT2D eigenvalue weighted by molar-refractivity contribution is 0.0697. The lowest BCUT2D eigenvalue weighted by Gasteiger charge is -2.36. The number of nitrogens with zero attached hydrogens (tertiary/aromatic N) is 1. The zero-order valence-corrected chi connectivity index (χ0v) is 20.4. The smallest absolute Gasteiger partial charge is 0.336 e. The van der Waals surface area contributed by atoms with Gasteiger partial charge in [0.15, 0.2) is 0 Å². The van der Waals surface area contributed by atoms with Crippen LogP contribution in [0, 0.1) is 13.8 Å². The van der Waals surface area contributed by atoms with Gasteiger partial charge in [0, 0.05) is 4.70 Å². The van der Waals surface area contributed by atoms with Crippen molar-refractivity contribution in [2.45, 2.75) is 38.7 Å². The van der Waals surface area contributed by atoms with E-state index in [0.29, 0.717) is 28.3 Å². The number of pyridine rings is 1. The second kappa shape index (κ2) is 8.51. The molecular formula is C30H25NO3S. The van der Waals surface area contributed by atoms with Gasteiger partial charge in [-0.25, -0.2) is 9.78 Å². The Hall–Kier alpha value is -3.70. The van der Waals surface area contributed by atoms with Gasteiger partial charge < -0.3 is 9.84 Å². The maximum Gasteiger partial charge on any atom is 0.336 e. The number of fused-ring (bicyclic) bond motifs is 2. The minimum absolute atomic E-state index is 0.0669. The summed E-state index contributed by atoms with van der Waals surface area (Å²) in [5.41, 5.74) is 5.01. The van der Waals surface area contributed by atoms with E-state index in [1.807, 2.05) is 37.3 Å². The molecule has 1 aliphatic rings. The maximum atomic E-state index is 12.4. The Morgan fingerprint density at radius 2 is 1.74 bits per heavy atom. The topological polar surface area (TPSA) is 59.4 Å². The Balaban J connectivity index is 1.41. The van der Waals surface area contributed by atoms with Crippen LogP contribution in [0.2, 0.25) is 0 Å². The summed E-state index contributed by atoms with van der Waals surface area (Å²) in [7, 11) is 0. The van der Waals surface area contributed by atoms with Crippen molar-refractivity contribution in [3.63, 3.8) is 0 Å². The lowest BCUT2D eigenvalue weighted by atomic mass is 9.77. The van der Waals surface area contributed by atoms with Gasteiger partial charge in [0.1, 0.15) is 5.75 Å². The summed E-state index contributed by atoms with van der Waals surface area (Å²) in [5.74, 6) is 0.118. The molecule has 6 rings (SSSR count). The van der Waals surface area contributed by atoms with Crippen molar-refractivity contribution in [1.29, 1.82) is 0 Å². The van der Waals surface area contributed by atoms with Gasteiger partial charge in [-0.15, -0.1) is 11.3 Å². The average Bonchev–Trinajstić information content (AvgIpc) is 3.19. The quantitative estimate of drug-likeness (QED) is 0.280. The molecule has 35 heavy (non-hydrogen) atoms. The Kier molecular flexibility index (Phi) is 5.30. The molecule has 1 aliphatic carbocycles. The van der Waals surface area contributed by atoms with Gasteiger partial charge in [-0.1, -0.05) is 54.6 Å². The van der Waals surface area contributed by atoms with Crippen molar-refractivity contribution in [1.82, 2.24) is 4.98 Å². The summed E-state index contributed by atoms with van der Waals surface area (Å²) in [6, 6.07) is 24.3. The summed E-state index contributed by atoms with van der Waals surface area (Å²) < 4.78 is 7.55. The highest BCUT2D eigenvalue weighted by Gasteiger charge is 2.33. The number of carboxylic acids is 1. The molecule has 1 saturated carbocycles. The zero-order chi connectivity index (χ0) is 24.1. The molecule has 5 heteroatoms. The highest BCUT2D eigenvalue weighted by Crippen LogP contribution is 2.43. The first-order valence-electron chi connectivity index (χ1n) is 11.9. The van der Waals surface area contributed by atoms with Crippen LogP contribution in [-0.4, -0.2) is 22.2 Å². The number of rotatable bonds is 5. The van der Waals surface area contributed by atoms with E-state index in [0.717, 1.165) is 28.8 Å². The van der Waals surface area contributed by atoms with E-state index in [1.54, 1.807) is 17.4 Å². The molecule has 0 unspecified atom stereocenters. The van der Waals surface area contributed by atoms with Gasteiger partial charge in [-0.05, 0) is 72.9 Å². The van der Waals surface area contributed by atoms with E-state index in [9.17, 15) is 9.90 Å². The molecule has 0 amide bonds. The number of aromatic nitrogens is 1. The lowest BCUT2D eigenvalue weighted by Crippen LogP contribution is -2.32. The Morgan fingerprint density at radius 3 is 2.49 bits per heavy atom. The largest absolute Gasteiger partial charge is 0.490 e. The summed E-state index contributed by atoms with van der Waals surface area (Å²) in [5, 5.41) is 12.0. The first-order chi connectivity index (χ1) is 17.0. The standard InChI is InChI=1S/C30H25NO3S/c1-17-12-13-25(34-21-14-20(15-21)19-8-4-3-5-9-19)27-23(30(32)33)16-24(31-28(17)27)29-18(2)22-10-6-7-11-26(22)35-29/h3-13,16,20-21H,14-15H2,1-2H3,(H,32,33)/t20-,21-. The molecule has 1 fully saturated rings. The predicted octanol–water partition coefficient (Wildman–Crippen LogP) is 7.76. The average molecular weight is 480 g/mol. The third-order valence-electron chi connectivity index (χ3n) is 7.09. The van der Waals surface area contributed by atoms with E-state index >= 15 is 0 Å². The Labute approximate surface area is 207 Å². The van der Waals surface area contributed by atoms with E-state index < -0.39 is 5.97 Å². The van der Waals surface area contributed by atoms with E-state index in [1.165, 1.54) is 15.6 Å². The molecular weight excluding hydrogens is 454 g/mol. The number of hydrogen-bond acceptors (Lipinski definition) is 4. The number of benzene rings is 3. The fourth-order valence-electron chi connectivity index (χ4n) is 5.08. The van der Waals surface area contributed by atoms with Crippen LogP contribution >= 0.6 is 11.3 Å². The van der Waals surface area contributed by atoms with Crippen LogP contribution in [-0.2, 0) is 0 Å². The summed E-state index contributed by atoms with van der Waals surface area (Å²) in [6.07, 6.45) is 1.92. The Bertz CT molecular complexity index is 1580. The SMILES string of the molecule is Cc1c(-c2cc(C(=O)O)c3c(O[C@H]4C[C@H](c5ccccc5)C4)ccc(C)c3n2)sc2ccccc12. The Morgan fingerprint density at radius 1 is 1.00 bits per heavy atom. The summed E-state index contributed by atoms with van der Waals surface area (Å²) in [4.78, 5) is 18.4. The van der Waals surface area contributed by atoms with Crippen LogP contribution in [0.1, 0.15) is 45.8 Å². The van der Waals surface area contributed by atoms with Crippen molar-refractivity contribution in [2.75, 3.05) is 0 Å². The third-order valence-corrected chi connectivity index (χ3v) is 8.39. The molecule has 174 valence electrons. The number of thiophene rings is 1. The maximum absolute atomic E-state index is 12.4. The van der Waals surface area contributed by atoms with Gasteiger partial charge >= 0.3 is 5.97 Å². The zero-order valence-electron chi connectivity index (χ0n) is 19.6. The molecule has 2 aromatic heterocycles. The van der Waals surface area contributed by atoms with Crippen LogP contribution < -0.4 is 4.74 Å². The fraction of sp³-hybridized carbons (Fsp3) is 0.200. The number of carboxylic acid groups (broad SMARTS) is 1. The van der Waals surface area contributed by atoms with Crippen molar-refractivity contribution in [3.8, 4) is 16.3 Å². The number of aryl methyl sites for hydroxylation is 2. The van der Waals surface area contributed by atoms with Crippen LogP contribution in [0.3, 0.4) is 0 Å². The number of carbonyl (C=O) groups is 1. The molecule has 3 aromatic carbocycles. The number of ether oxygens (including phenoxy) is 1. The highest BCUT2D eigenvalue weighted by atomic mass is 32.1. The van der Waals surface area contributed by atoms with Crippen LogP contribution in [0.5, 0.6) is 5.75 Å². The van der Waals surface area contributed by atoms with Gasteiger partial charge in [0.05, 0.1) is 33.1 Å².